The van der Waals surface area contributed by atoms with E-state index in [1.807, 2.05) is 37.3 Å². The zero-order valence-electron chi connectivity index (χ0n) is 19.8. The fraction of sp³-hybridized carbons (Fsp3) is 0.360. The first-order valence-electron chi connectivity index (χ1n) is 11.3. The standard InChI is InChI=1S/C25H29N3O6S/c1-18-15-19(22-5-3-4-6-23(22)26-18)17-34-20-7-9-21(10-8-20)35(31,32)27(2)16-24(25(29)30)28-11-13-33-14-12-28/h3-10,15,24H,11-14,16-17H2,1-2H3,(H,29,30)/t24-/m0/s1. The Bertz CT molecular complexity index is 1290. The van der Waals surface area contributed by atoms with Crippen LogP contribution in [0.4, 0.5) is 0 Å². The van der Waals surface area contributed by atoms with Crippen molar-refractivity contribution in [2.24, 2.45) is 0 Å². The van der Waals surface area contributed by atoms with E-state index in [-0.39, 0.29) is 11.4 Å². The fourth-order valence-corrected chi connectivity index (χ4v) is 5.32. The Morgan fingerprint density at radius 1 is 1.17 bits per heavy atom. The van der Waals surface area contributed by atoms with Gasteiger partial charge in [-0.3, -0.25) is 14.7 Å². The summed E-state index contributed by atoms with van der Waals surface area (Å²) >= 11 is 0. The lowest BCUT2D eigenvalue weighted by molar-refractivity contribution is -0.145. The molecule has 3 aromatic rings. The second-order valence-corrected chi connectivity index (χ2v) is 10.5. The van der Waals surface area contributed by atoms with Crippen LogP contribution in [0.15, 0.2) is 59.5 Å². The van der Waals surface area contributed by atoms with E-state index in [1.165, 1.54) is 19.2 Å². The van der Waals surface area contributed by atoms with Gasteiger partial charge in [0, 0.05) is 43.3 Å². The average Bonchev–Trinajstić information content (AvgIpc) is 2.86. The number of para-hydroxylation sites is 1. The molecule has 2 heterocycles. The molecule has 10 heteroatoms. The van der Waals surface area contributed by atoms with Crippen molar-refractivity contribution in [2.45, 2.75) is 24.5 Å². The van der Waals surface area contributed by atoms with Crippen LogP contribution in [0, 0.1) is 6.92 Å². The van der Waals surface area contributed by atoms with Crippen molar-refractivity contribution >= 4 is 26.9 Å². The van der Waals surface area contributed by atoms with Gasteiger partial charge in [0.05, 0.1) is 23.6 Å². The number of aliphatic carboxylic acids is 1. The highest BCUT2D eigenvalue weighted by molar-refractivity contribution is 7.89. The molecule has 35 heavy (non-hydrogen) atoms. The quantitative estimate of drug-likeness (QED) is 0.478. The number of carboxylic acid groups (broad SMARTS) is 1. The van der Waals surface area contributed by atoms with E-state index in [9.17, 15) is 18.3 Å². The number of hydrogen-bond acceptors (Lipinski definition) is 7. The third kappa shape index (κ3) is 5.79. The third-order valence-corrected chi connectivity index (χ3v) is 7.90. The second kappa shape index (κ2) is 10.7. The zero-order valence-corrected chi connectivity index (χ0v) is 20.6. The van der Waals surface area contributed by atoms with E-state index >= 15 is 0 Å². The highest BCUT2D eigenvalue weighted by Crippen LogP contribution is 2.23. The monoisotopic (exact) mass is 499 g/mol. The molecular formula is C25H29N3O6S. The number of sulfonamides is 1. The van der Waals surface area contributed by atoms with E-state index < -0.39 is 22.0 Å². The number of pyridine rings is 1. The number of ether oxygens (including phenoxy) is 2. The van der Waals surface area contributed by atoms with E-state index in [0.717, 1.165) is 26.5 Å². The molecule has 0 radical (unpaired) electrons. The molecule has 4 rings (SSSR count). The summed E-state index contributed by atoms with van der Waals surface area (Å²) in [5, 5.41) is 10.7. The molecule has 9 nitrogen and oxygen atoms in total. The van der Waals surface area contributed by atoms with Gasteiger partial charge >= 0.3 is 5.97 Å². The van der Waals surface area contributed by atoms with Crippen molar-refractivity contribution in [1.82, 2.24) is 14.2 Å². The molecule has 2 aromatic carbocycles. The predicted octanol–water partition coefficient (Wildman–Crippen LogP) is 2.53. The fourth-order valence-electron chi connectivity index (χ4n) is 4.14. The van der Waals surface area contributed by atoms with Gasteiger partial charge in [-0.15, -0.1) is 0 Å². The van der Waals surface area contributed by atoms with Crippen molar-refractivity contribution in [3.05, 3.63) is 65.9 Å². The minimum atomic E-state index is -3.88. The average molecular weight is 500 g/mol. The van der Waals surface area contributed by atoms with E-state index in [1.54, 1.807) is 17.0 Å². The van der Waals surface area contributed by atoms with Crippen molar-refractivity contribution in [2.75, 3.05) is 39.9 Å². The second-order valence-electron chi connectivity index (χ2n) is 8.49. The Balaban J connectivity index is 1.44. The van der Waals surface area contributed by atoms with Gasteiger partial charge in [0.25, 0.3) is 0 Å². The number of rotatable bonds is 9. The summed E-state index contributed by atoms with van der Waals surface area (Å²) in [4.78, 5) is 18.2. The van der Waals surface area contributed by atoms with Crippen molar-refractivity contribution in [3.8, 4) is 5.75 Å². The first kappa shape index (κ1) is 25.1. The van der Waals surface area contributed by atoms with Gasteiger partial charge in [-0.25, -0.2) is 8.42 Å². The first-order valence-corrected chi connectivity index (χ1v) is 12.8. The van der Waals surface area contributed by atoms with Gasteiger partial charge < -0.3 is 14.6 Å². The molecule has 1 N–H and O–H groups in total. The number of benzene rings is 2. The Morgan fingerprint density at radius 2 is 1.86 bits per heavy atom. The number of fused-ring (bicyclic) bond motifs is 1. The highest BCUT2D eigenvalue weighted by Gasteiger charge is 2.32. The van der Waals surface area contributed by atoms with Gasteiger partial charge in [-0.2, -0.15) is 4.31 Å². The van der Waals surface area contributed by atoms with Crippen molar-refractivity contribution in [3.63, 3.8) is 0 Å². The molecule has 0 bridgehead atoms. The number of aryl methyl sites for hydroxylation is 1. The van der Waals surface area contributed by atoms with Crippen LogP contribution in [0.3, 0.4) is 0 Å². The van der Waals surface area contributed by atoms with Crippen LogP contribution in [0.1, 0.15) is 11.3 Å². The molecule has 0 aliphatic carbocycles. The summed E-state index contributed by atoms with van der Waals surface area (Å²) < 4.78 is 38.5. The maximum absolute atomic E-state index is 13.1. The van der Waals surface area contributed by atoms with Crippen LogP contribution in [0.2, 0.25) is 0 Å². The molecule has 1 atom stereocenters. The molecule has 1 fully saturated rings. The third-order valence-electron chi connectivity index (χ3n) is 6.06. The minimum Gasteiger partial charge on any atom is -0.489 e. The Kier molecular flexibility index (Phi) is 7.66. The lowest BCUT2D eigenvalue weighted by Gasteiger charge is -2.33. The highest BCUT2D eigenvalue weighted by atomic mass is 32.2. The summed E-state index contributed by atoms with van der Waals surface area (Å²) in [5.41, 5.74) is 2.78. The Hall–Kier alpha value is -3.05. The van der Waals surface area contributed by atoms with Gasteiger partial charge in [-0.1, -0.05) is 18.2 Å². The maximum atomic E-state index is 13.1. The molecule has 1 aliphatic rings. The summed E-state index contributed by atoms with van der Waals surface area (Å²) in [7, 11) is -2.48. The Labute approximate surface area is 204 Å². The van der Waals surface area contributed by atoms with Crippen molar-refractivity contribution in [1.29, 1.82) is 0 Å². The lowest BCUT2D eigenvalue weighted by Crippen LogP contribution is -2.52. The molecular weight excluding hydrogens is 470 g/mol. The summed E-state index contributed by atoms with van der Waals surface area (Å²) in [6.45, 7) is 3.83. The molecule has 186 valence electrons. The first-order chi connectivity index (χ1) is 16.8. The smallest absolute Gasteiger partial charge is 0.322 e. The topological polar surface area (TPSA) is 109 Å². The van der Waals surface area contributed by atoms with Gasteiger partial charge in [0.2, 0.25) is 10.0 Å². The number of aromatic nitrogens is 1. The van der Waals surface area contributed by atoms with Gasteiger partial charge in [0.15, 0.2) is 0 Å². The van der Waals surface area contributed by atoms with Crippen LogP contribution >= 0.6 is 0 Å². The van der Waals surface area contributed by atoms with E-state index in [2.05, 4.69) is 4.98 Å². The molecule has 1 aliphatic heterocycles. The van der Waals surface area contributed by atoms with Crippen LogP contribution in [0.25, 0.3) is 10.9 Å². The Morgan fingerprint density at radius 3 is 2.54 bits per heavy atom. The summed E-state index contributed by atoms with van der Waals surface area (Å²) in [5.74, 6) is -0.529. The molecule has 0 spiro atoms. The number of morpholine rings is 1. The number of carboxylic acids is 1. The molecule has 1 aromatic heterocycles. The minimum absolute atomic E-state index is 0.0728. The van der Waals surface area contributed by atoms with Crippen LogP contribution in [-0.2, 0) is 26.2 Å². The van der Waals surface area contributed by atoms with Gasteiger partial charge in [0.1, 0.15) is 18.4 Å². The number of likely N-dealkylation sites (N-methyl/N-ethyl adjacent to an activating group) is 1. The van der Waals surface area contributed by atoms with Crippen molar-refractivity contribution < 1.29 is 27.8 Å². The number of hydrogen-bond donors (Lipinski definition) is 1. The molecule has 1 saturated heterocycles. The summed E-state index contributed by atoms with van der Waals surface area (Å²) in [6, 6.07) is 15.0. The molecule has 0 amide bonds. The number of nitrogens with zero attached hydrogens (tertiary/aromatic N) is 3. The molecule has 0 saturated carbocycles. The predicted molar refractivity (Wildman–Crippen MR) is 131 cm³/mol. The van der Waals surface area contributed by atoms with Crippen LogP contribution in [0.5, 0.6) is 5.75 Å². The maximum Gasteiger partial charge on any atom is 0.322 e. The lowest BCUT2D eigenvalue weighted by atomic mass is 10.1. The van der Waals surface area contributed by atoms with E-state index in [0.29, 0.717) is 38.7 Å². The largest absolute Gasteiger partial charge is 0.489 e. The van der Waals surface area contributed by atoms with Gasteiger partial charge in [-0.05, 0) is 43.3 Å². The van der Waals surface area contributed by atoms with Crippen LogP contribution < -0.4 is 4.74 Å². The normalized spacial score (nSPS) is 15.9. The summed E-state index contributed by atoms with van der Waals surface area (Å²) in [6.07, 6.45) is 0. The van der Waals surface area contributed by atoms with E-state index in [4.69, 9.17) is 9.47 Å². The van der Waals surface area contributed by atoms with Crippen LogP contribution in [-0.4, -0.2) is 79.6 Å². The SMILES string of the molecule is Cc1cc(COc2ccc(S(=O)(=O)N(C)C[C@@H](C(=O)O)N3CCOCC3)cc2)c2ccccc2n1. The molecule has 0 unspecified atom stereocenters. The number of carbonyl (C=O) groups is 1. The zero-order chi connectivity index (χ0) is 25.0.